The van der Waals surface area contributed by atoms with Crippen LogP contribution in [0.1, 0.15) is 30.8 Å². The summed E-state index contributed by atoms with van der Waals surface area (Å²) in [7, 11) is 0. The molecule has 0 aliphatic carbocycles. The summed E-state index contributed by atoms with van der Waals surface area (Å²) in [5.41, 5.74) is 2.93. The third-order valence-electron chi connectivity index (χ3n) is 4.29. The molecule has 1 heterocycles. The standard InChI is InChI=1S/C23H17N3O2Se/c1-16-12-14-17(15-13-16)20(27)22-25-26(19-10-6-3-7-11-19)23(29-22)24-21(28)18-8-4-2-5-9-18/h2-15H,1H3. The van der Waals surface area contributed by atoms with E-state index in [9.17, 15) is 9.59 Å². The van der Waals surface area contributed by atoms with Crippen LogP contribution in [0.15, 0.2) is 89.9 Å². The van der Waals surface area contributed by atoms with Crippen LogP contribution in [-0.2, 0) is 0 Å². The molecule has 4 aromatic rings. The quantitative estimate of drug-likeness (QED) is 0.357. The molecule has 0 atom stereocenters. The predicted octanol–water partition coefficient (Wildman–Crippen LogP) is 3.21. The van der Waals surface area contributed by atoms with Crippen LogP contribution in [0.4, 0.5) is 0 Å². The maximum atomic E-state index is 13.0. The summed E-state index contributed by atoms with van der Waals surface area (Å²) < 4.78 is 2.51. The monoisotopic (exact) mass is 447 g/mol. The molecule has 0 fully saturated rings. The minimum absolute atomic E-state index is 0.136. The van der Waals surface area contributed by atoms with E-state index >= 15 is 0 Å². The van der Waals surface area contributed by atoms with Gasteiger partial charge in [0.1, 0.15) is 0 Å². The van der Waals surface area contributed by atoms with E-state index in [1.165, 1.54) is 0 Å². The van der Waals surface area contributed by atoms with Crippen LogP contribution < -0.4 is 4.36 Å². The summed E-state index contributed by atoms with van der Waals surface area (Å²) in [5.74, 6) is -0.481. The Kier molecular flexibility index (Phi) is 5.47. The third-order valence-corrected chi connectivity index (χ3v) is 6.19. The van der Waals surface area contributed by atoms with Crippen molar-refractivity contribution in [3.05, 3.63) is 111 Å². The third kappa shape index (κ3) is 4.24. The Morgan fingerprint density at radius 2 is 1.45 bits per heavy atom. The van der Waals surface area contributed by atoms with Crippen molar-refractivity contribution >= 4 is 26.2 Å². The predicted molar refractivity (Wildman–Crippen MR) is 111 cm³/mol. The molecular weight excluding hydrogens is 429 g/mol. The number of aryl methyl sites for hydroxylation is 1. The molecule has 0 aliphatic rings. The summed E-state index contributed by atoms with van der Waals surface area (Å²) in [5, 5.41) is 4.53. The number of para-hydroxylation sites is 1. The van der Waals surface area contributed by atoms with Crippen LogP contribution in [0.2, 0.25) is 0 Å². The van der Waals surface area contributed by atoms with Crippen LogP contribution in [0.25, 0.3) is 5.69 Å². The molecule has 1 aromatic heterocycles. The van der Waals surface area contributed by atoms with Gasteiger partial charge in [0, 0.05) is 0 Å². The first-order chi connectivity index (χ1) is 14.1. The zero-order valence-corrected chi connectivity index (χ0v) is 17.4. The number of rotatable bonds is 4. The summed E-state index contributed by atoms with van der Waals surface area (Å²) in [6.45, 7) is 1.97. The number of ketones is 1. The molecule has 0 bridgehead atoms. The number of carbonyl (C=O) groups is 2. The fraction of sp³-hybridized carbons (Fsp3) is 0.0435. The maximum absolute atomic E-state index is 13.0. The first-order valence-corrected chi connectivity index (χ1v) is 10.7. The van der Waals surface area contributed by atoms with Crippen LogP contribution >= 0.6 is 0 Å². The van der Waals surface area contributed by atoms with Crippen molar-refractivity contribution in [3.8, 4) is 5.69 Å². The molecule has 0 unspecified atom stereocenters. The van der Waals surface area contributed by atoms with Crippen LogP contribution in [-0.4, -0.2) is 36.0 Å². The molecule has 6 heteroatoms. The van der Waals surface area contributed by atoms with E-state index in [0.29, 0.717) is 20.1 Å². The molecule has 0 N–H and O–H groups in total. The molecule has 0 spiro atoms. The Hall–Kier alpha value is -3.34. The number of hydrogen-bond acceptors (Lipinski definition) is 3. The van der Waals surface area contributed by atoms with Gasteiger partial charge in [0.25, 0.3) is 0 Å². The van der Waals surface area contributed by atoms with Crippen molar-refractivity contribution in [1.29, 1.82) is 0 Å². The molecular formula is C23H17N3O2Se. The van der Waals surface area contributed by atoms with Gasteiger partial charge in [-0.3, -0.25) is 0 Å². The van der Waals surface area contributed by atoms with Crippen molar-refractivity contribution < 1.29 is 9.59 Å². The first kappa shape index (κ1) is 19.0. The number of amides is 1. The summed E-state index contributed by atoms with van der Waals surface area (Å²) in [6.07, 6.45) is 0. The first-order valence-electron chi connectivity index (χ1n) is 9.03. The Labute approximate surface area is 173 Å². The molecule has 0 saturated heterocycles. The minimum atomic E-state index is -0.484. The summed E-state index contributed by atoms with van der Waals surface area (Å²) in [6, 6.07) is 25.7. The normalized spacial score (nSPS) is 11.4. The zero-order chi connectivity index (χ0) is 20.2. The molecule has 1 amide bonds. The van der Waals surface area contributed by atoms with E-state index in [2.05, 4.69) is 10.1 Å². The van der Waals surface area contributed by atoms with Crippen molar-refractivity contribution in [3.63, 3.8) is 0 Å². The van der Waals surface area contributed by atoms with E-state index in [1.807, 2.05) is 55.5 Å². The van der Waals surface area contributed by atoms with Gasteiger partial charge in [0.05, 0.1) is 0 Å². The molecule has 0 aliphatic heterocycles. The summed E-state index contributed by atoms with van der Waals surface area (Å²) in [4.78, 5) is 29.9. The number of nitrogens with zero attached hydrogens (tertiary/aromatic N) is 3. The fourth-order valence-electron chi connectivity index (χ4n) is 2.74. The Balaban J connectivity index is 1.81. The van der Waals surface area contributed by atoms with Crippen molar-refractivity contribution in [2.75, 3.05) is 0 Å². The average Bonchev–Trinajstić information content (AvgIpc) is 3.19. The molecule has 3 aromatic carbocycles. The second-order valence-corrected chi connectivity index (χ2v) is 8.42. The van der Waals surface area contributed by atoms with Gasteiger partial charge in [-0.1, -0.05) is 0 Å². The average molecular weight is 446 g/mol. The Morgan fingerprint density at radius 1 is 0.828 bits per heavy atom. The topological polar surface area (TPSA) is 64.3 Å². The van der Waals surface area contributed by atoms with Crippen molar-refractivity contribution in [2.24, 2.45) is 4.99 Å². The van der Waals surface area contributed by atoms with Crippen molar-refractivity contribution in [2.45, 2.75) is 6.92 Å². The molecule has 29 heavy (non-hydrogen) atoms. The fourth-order valence-corrected chi connectivity index (χ4v) is 4.56. The van der Waals surface area contributed by atoms with E-state index < -0.39 is 14.5 Å². The zero-order valence-electron chi connectivity index (χ0n) is 15.6. The van der Waals surface area contributed by atoms with Gasteiger partial charge >= 0.3 is 174 Å². The van der Waals surface area contributed by atoms with Gasteiger partial charge in [-0.25, -0.2) is 0 Å². The van der Waals surface area contributed by atoms with Crippen LogP contribution in [0.3, 0.4) is 0 Å². The van der Waals surface area contributed by atoms with Gasteiger partial charge in [0.2, 0.25) is 0 Å². The van der Waals surface area contributed by atoms with Crippen LogP contribution in [0.5, 0.6) is 0 Å². The van der Waals surface area contributed by atoms with Gasteiger partial charge in [0.15, 0.2) is 0 Å². The van der Waals surface area contributed by atoms with Crippen molar-refractivity contribution in [1.82, 2.24) is 9.78 Å². The summed E-state index contributed by atoms with van der Waals surface area (Å²) >= 11 is -0.484. The SMILES string of the molecule is Cc1ccc(C(=O)c2nn(-c3ccccc3)c(=NC(=O)c3ccccc3)[se]2)cc1. The molecule has 4 rings (SSSR count). The Bertz CT molecular complexity index is 1220. The number of benzene rings is 3. The molecule has 0 radical (unpaired) electrons. The van der Waals surface area contributed by atoms with Gasteiger partial charge in [-0.15, -0.1) is 0 Å². The number of carbonyl (C=O) groups excluding carboxylic acids is 2. The van der Waals surface area contributed by atoms with Crippen LogP contribution in [0, 0.1) is 6.92 Å². The van der Waals surface area contributed by atoms with E-state index in [0.717, 1.165) is 11.3 Å². The van der Waals surface area contributed by atoms with E-state index in [4.69, 9.17) is 0 Å². The van der Waals surface area contributed by atoms with E-state index in [-0.39, 0.29) is 11.7 Å². The van der Waals surface area contributed by atoms with Gasteiger partial charge < -0.3 is 0 Å². The number of hydrogen-bond donors (Lipinski definition) is 0. The van der Waals surface area contributed by atoms with E-state index in [1.54, 1.807) is 41.1 Å². The molecule has 142 valence electrons. The second kappa shape index (κ2) is 8.35. The van der Waals surface area contributed by atoms with Gasteiger partial charge in [-0.2, -0.15) is 0 Å². The van der Waals surface area contributed by atoms with Gasteiger partial charge in [-0.05, 0) is 0 Å². The molecule has 5 nitrogen and oxygen atoms in total. The molecule has 0 saturated carbocycles. The Morgan fingerprint density at radius 3 is 2.10 bits per heavy atom. The second-order valence-electron chi connectivity index (χ2n) is 6.42. The number of aromatic nitrogens is 2.